The highest BCUT2D eigenvalue weighted by molar-refractivity contribution is 7.91. The first-order valence-electron chi connectivity index (χ1n) is 6.32. The number of hydrogen-bond donors (Lipinski definition) is 2. The third-order valence-electron chi connectivity index (χ3n) is 2.76. The topological polar surface area (TPSA) is 92.3 Å². The largest absolute Gasteiger partial charge is 0.325 e. The second-order valence-electron chi connectivity index (χ2n) is 4.44. The molecule has 1 aromatic carbocycles. The number of sulfonamides is 1. The molecule has 0 aliphatic carbocycles. The van der Waals surface area contributed by atoms with Gasteiger partial charge in [0.2, 0.25) is 5.91 Å². The van der Waals surface area contributed by atoms with Gasteiger partial charge in [0.25, 0.3) is 10.0 Å². The Kier molecular flexibility index (Phi) is 5.07. The maximum Gasteiger partial charge on any atom is 0.250 e. The average molecular weight is 338 g/mol. The number of benzene rings is 1. The lowest BCUT2D eigenvalue weighted by Gasteiger charge is -2.07. The average Bonchev–Trinajstić information content (AvgIpc) is 3.01. The van der Waals surface area contributed by atoms with E-state index in [1.54, 1.807) is 35.7 Å². The van der Waals surface area contributed by atoms with Crippen LogP contribution in [0.5, 0.6) is 0 Å². The Morgan fingerprint density at radius 1 is 1.14 bits per heavy atom. The van der Waals surface area contributed by atoms with Crippen LogP contribution in [0.25, 0.3) is 0 Å². The highest BCUT2D eigenvalue weighted by Gasteiger charge is 2.16. The summed E-state index contributed by atoms with van der Waals surface area (Å²) in [4.78, 5) is 22.9. The minimum atomic E-state index is -3.66. The molecule has 1 heterocycles. The Bertz CT molecular complexity index is 766. The Labute approximate surface area is 132 Å². The van der Waals surface area contributed by atoms with Crippen molar-refractivity contribution in [3.8, 4) is 0 Å². The minimum Gasteiger partial charge on any atom is -0.325 e. The molecule has 0 atom stereocenters. The molecule has 2 aromatic rings. The lowest BCUT2D eigenvalue weighted by Crippen LogP contribution is -2.32. The second-order valence-corrected chi connectivity index (χ2v) is 7.38. The van der Waals surface area contributed by atoms with Crippen molar-refractivity contribution in [2.24, 2.45) is 0 Å². The number of carbonyl (C=O) groups excluding carboxylic acids is 2. The Morgan fingerprint density at radius 2 is 1.82 bits per heavy atom. The van der Waals surface area contributed by atoms with Crippen molar-refractivity contribution in [1.82, 2.24) is 4.72 Å². The molecule has 22 heavy (non-hydrogen) atoms. The molecule has 1 aromatic heterocycles. The first kappa shape index (κ1) is 16.3. The lowest BCUT2D eigenvalue weighted by atomic mass is 10.1. The first-order chi connectivity index (χ1) is 10.4. The van der Waals surface area contributed by atoms with E-state index in [1.807, 2.05) is 0 Å². The van der Waals surface area contributed by atoms with Crippen LogP contribution < -0.4 is 10.0 Å². The summed E-state index contributed by atoms with van der Waals surface area (Å²) in [5, 5.41) is 4.20. The molecule has 8 heteroatoms. The fourth-order valence-electron chi connectivity index (χ4n) is 1.64. The monoisotopic (exact) mass is 338 g/mol. The molecule has 0 aliphatic rings. The van der Waals surface area contributed by atoms with Gasteiger partial charge in [-0.25, -0.2) is 13.1 Å². The molecule has 0 unspecified atom stereocenters. The SMILES string of the molecule is CC(=O)c1ccc(NC(=O)CNS(=O)(=O)c2cccs2)cc1. The molecule has 0 fully saturated rings. The van der Waals surface area contributed by atoms with Gasteiger partial charge in [-0.3, -0.25) is 9.59 Å². The van der Waals surface area contributed by atoms with E-state index < -0.39 is 15.9 Å². The number of nitrogens with one attached hydrogen (secondary N) is 2. The van der Waals surface area contributed by atoms with Crippen LogP contribution in [0.3, 0.4) is 0 Å². The van der Waals surface area contributed by atoms with Crippen LogP contribution in [0.1, 0.15) is 17.3 Å². The highest BCUT2D eigenvalue weighted by Crippen LogP contribution is 2.15. The zero-order chi connectivity index (χ0) is 16.2. The zero-order valence-corrected chi connectivity index (χ0v) is 13.3. The van der Waals surface area contributed by atoms with E-state index in [4.69, 9.17) is 0 Å². The van der Waals surface area contributed by atoms with Crippen molar-refractivity contribution < 1.29 is 18.0 Å². The van der Waals surface area contributed by atoms with Gasteiger partial charge >= 0.3 is 0 Å². The number of carbonyl (C=O) groups is 2. The number of anilines is 1. The fraction of sp³-hybridized carbons (Fsp3) is 0.143. The summed E-state index contributed by atoms with van der Waals surface area (Å²) in [7, 11) is -3.66. The van der Waals surface area contributed by atoms with E-state index in [0.717, 1.165) is 11.3 Å². The van der Waals surface area contributed by atoms with Gasteiger partial charge < -0.3 is 5.32 Å². The second kappa shape index (κ2) is 6.82. The molecule has 0 spiro atoms. The number of rotatable bonds is 6. The Hall–Kier alpha value is -2.03. The summed E-state index contributed by atoms with van der Waals surface area (Å²) >= 11 is 1.08. The summed E-state index contributed by atoms with van der Waals surface area (Å²) in [6.07, 6.45) is 0. The summed E-state index contributed by atoms with van der Waals surface area (Å²) in [5.41, 5.74) is 1.03. The number of amides is 1. The molecule has 0 aliphatic heterocycles. The van der Waals surface area contributed by atoms with Crippen molar-refractivity contribution in [2.45, 2.75) is 11.1 Å². The van der Waals surface area contributed by atoms with E-state index in [0.29, 0.717) is 11.3 Å². The third kappa shape index (κ3) is 4.23. The van der Waals surface area contributed by atoms with Gasteiger partial charge in [0.15, 0.2) is 5.78 Å². The minimum absolute atomic E-state index is 0.0680. The van der Waals surface area contributed by atoms with Crippen LogP contribution in [-0.2, 0) is 14.8 Å². The molecule has 1 amide bonds. The van der Waals surface area contributed by atoms with E-state index in [9.17, 15) is 18.0 Å². The van der Waals surface area contributed by atoms with Crippen LogP contribution in [0.4, 0.5) is 5.69 Å². The number of Topliss-reactive ketones (excluding diaryl/α,β-unsaturated/α-hetero) is 1. The predicted molar refractivity (Wildman–Crippen MR) is 84.6 cm³/mol. The van der Waals surface area contributed by atoms with E-state index >= 15 is 0 Å². The highest BCUT2D eigenvalue weighted by atomic mass is 32.2. The molecule has 2 rings (SSSR count). The van der Waals surface area contributed by atoms with Gasteiger partial charge in [-0.2, -0.15) is 0 Å². The van der Waals surface area contributed by atoms with Gasteiger partial charge in [0.05, 0.1) is 6.54 Å². The zero-order valence-electron chi connectivity index (χ0n) is 11.7. The summed E-state index contributed by atoms with van der Waals surface area (Å²) in [6.45, 7) is 1.08. The van der Waals surface area contributed by atoms with Crippen molar-refractivity contribution >= 4 is 38.7 Å². The normalized spacial score (nSPS) is 11.1. The van der Waals surface area contributed by atoms with Crippen molar-refractivity contribution in [3.05, 3.63) is 47.3 Å². The van der Waals surface area contributed by atoms with Crippen LogP contribution in [0, 0.1) is 0 Å². The molecule has 116 valence electrons. The Morgan fingerprint density at radius 3 is 2.36 bits per heavy atom. The van der Waals surface area contributed by atoms with E-state index in [-0.39, 0.29) is 16.5 Å². The quantitative estimate of drug-likeness (QED) is 0.787. The first-order valence-corrected chi connectivity index (χ1v) is 8.69. The molecule has 0 saturated carbocycles. The smallest absolute Gasteiger partial charge is 0.250 e. The van der Waals surface area contributed by atoms with Crippen molar-refractivity contribution in [2.75, 3.05) is 11.9 Å². The number of thiophene rings is 1. The van der Waals surface area contributed by atoms with Crippen LogP contribution in [0.15, 0.2) is 46.0 Å². The lowest BCUT2D eigenvalue weighted by molar-refractivity contribution is -0.115. The molecular weight excluding hydrogens is 324 g/mol. The molecule has 0 saturated heterocycles. The van der Waals surface area contributed by atoms with Crippen LogP contribution in [-0.4, -0.2) is 26.7 Å². The molecule has 2 N–H and O–H groups in total. The van der Waals surface area contributed by atoms with Crippen LogP contribution >= 0.6 is 11.3 Å². The fourth-order valence-corrected chi connectivity index (χ4v) is 3.66. The molecule has 0 bridgehead atoms. The maximum atomic E-state index is 11.9. The summed E-state index contributed by atoms with van der Waals surface area (Å²) in [5.74, 6) is -0.558. The standard InChI is InChI=1S/C14H14N2O4S2/c1-10(17)11-4-6-12(7-5-11)16-13(18)9-15-22(19,20)14-3-2-8-21-14/h2-8,15H,9H2,1H3,(H,16,18). The summed E-state index contributed by atoms with van der Waals surface area (Å²) < 4.78 is 26.1. The number of ketones is 1. The maximum absolute atomic E-state index is 11.9. The molecule has 6 nitrogen and oxygen atoms in total. The summed E-state index contributed by atoms with van der Waals surface area (Å²) in [6, 6.07) is 9.44. The van der Waals surface area contributed by atoms with E-state index in [2.05, 4.69) is 10.0 Å². The third-order valence-corrected chi connectivity index (χ3v) is 5.56. The predicted octanol–water partition coefficient (Wildman–Crippen LogP) is 1.87. The molecule has 0 radical (unpaired) electrons. The van der Waals surface area contributed by atoms with Crippen LogP contribution in [0.2, 0.25) is 0 Å². The van der Waals surface area contributed by atoms with Gasteiger partial charge in [-0.1, -0.05) is 6.07 Å². The number of hydrogen-bond acceptors (Lipinski definition) is 5. The van der Waals surface area contributed by atoms with Crippen molar-refractivity contribution in [1.29, 1.82) is 0 Å². The van der Waals surface area contributed by atoms with Gasteiger partial charge in [0.1, 0.15) is 4.21 Å². The van der Waals surface area contributed by atoms with E-state index in [1.165, 1.54) is 13.0 Å². The van der Waals surface area contributed by atoms with Gasteiger partial charge in [-0.05, 0) is 42.6 Å². The van der Waals surface area contributed by atoms with Gasteiger partial charge in [0, 0.05) is 11.3 Å². The Balaban J connectivity index is 1.92. The van der Waals surface area contributed by atoms with Gasteiger partial charge in [-0.15, -0.1) is 11.3 Å². The molecular formula is C14H14N2O4S2. The van der Waals surface area contributed by atoms with Crippen molar-refractivity contribution in [3.63, 3.8) is 0 Å².